The molecule has 0 unspecified atom stereocenters. The van der Waals surface area contributed by atoms with Crippen LogP contribution in [0.2, 0.25) is 0 Å². The van der Waals surface area contributed by atoms with Crippen molar-refractivity contribution in [2.75, 3.05) is 0 Å². The van der Waals surface area contributed by atoms with E-state index in [-0.39, 0.29) is 0 Å². The molecule has 0 spiro atoms. The van der Waals surface area contributed by atoms with Gasteiger partial charge in [-0.25, -0.2) is 0 Å². The maximum atomic E-state index is 5.04. The predicted molar refractivity (Wildman–Crippen MR) is 77.1 cm³/mol. The molecule has 0 saturated carbocycles. The van der Waals surface area contributed by atoms with Crippen LogP contribution in [0.5, 0.6) is 0 Å². The third-order valence-electron chi connectivity index (χ3n) is 1.85. The zero-order valence-electron chi connectivity index (χ0n) is 9.38. The molecule has 0 fully saturated rings. The molecule has 1 radical (unpaired) electrons. The second-order valence-electron chi connectivity index (χ2n) is 3.40. The fraction of sp³-hybridized carbons (Fsp3) is 0.900. The van der Waals surface area contributed by atoms with Crippen LogP contribution >= 0.6 is 35.7 Å². The van der Waals surface area contributed by atoms with E-state index in [1.54, 1.807) is 0 Å². The molecule has 15 heavy (non-hydrogen) atoms. The fourth-order valence-corrected chi connectivity index (χ4v) is 1.13. The first-order valence-corrected chi connectivity index (χ1v) is 19.9. The van der Waals surface area contributed by atoms with Gasteiger partial charge < -0.3 is 0 Å². The Hall–Kier alpha value is 1.96. The molecule has 0 bridgehead atoms. The number of rotatable bonds is 7. The average molecular weight is 402 g/mol. The van der Waals surface area contributed by atoms with Gasteiger partial charge in [0.05, 0.1) is 0 Å². The number of unbranched alkanes of at least 4 members (excludes halogenated alkanes) is 7. The molecular weight excluding hydrogens is 381 g/mol. The summed E-state index contributed by atoms with van der Waals surface area (Å²) in [4.78, 5) is 0. The molecule has 0 heterocycles. The normalized spacial score (nSPS) is 10.8. The molecule has 0 amide bonds. The van der Waals surface area contributed by atoms with Crippen molar-refractivity contribution in [1.29, 1.82) is 0 Å². The van der Waals surface area contributed by atoms with E-state index in [1.807, 2.05) is 0 Å². The number of hydrogen-bond acceptors (Lipinski definition) is 0. The van der Waals surface area contributed by atoms with E-state index in [1.165, 1.54) is 44.9 Å². The van der Waals surface area contributed by atoms with Crippen LogP contribution in [0, 0.1) is 6.92 Å². The topological polar surface area (TPSA) is 0 Å². The summed E-state index contributed by atoms with van der Waals surface area (Å²) in [6, 6.07) is 0. The van der Waals surface area contributed by atoms with E-state index in [0.717, 1.165) is 6.42 Å². The molecule has 0 aliphatic heterocycles. The van der Waals surface area contributed by atoms with Crippen LogP contribution in [-0.4, -0.2) is 13.9 Å². The van der Waals surface area contributed by atoms with Crippen LogP contribution in [0.15, 0.2) is 0 Å². The van der Waals surface area contributed by atoms with E-state index in [2.05, 4.69) is 13.8 Å². The van der Waals surface area contributed by atoms with Crippen molar-refractivity contribution in [1.82, 2.24) is 0 Å². The quantitative estimate of drug-likeness (QED) is 0.345. The van der Waals surface area contributed by atoms with Crippen molar-refractivity contribution >= 4 is 49.6 Å². The molecule has 5 heteroatoms. The Morgan fingerprint density at radius 2 is 1.13 bits per heavy atom. The predicted octanol–water partition coefficient (Wildman–Crippen LogP) is 6.34. The molecule has 0 aliphatic carbocycles. The Kier molecular flexibility index (Phi) is 18.0. The van der Waals surface area contributed by atoms with Gasteiger partial charge in [0.1, 0.15) is 0 Å². The Labute approximate surface area is 114 Å². The van der Waals surface area contributed by atoms with E-state index >= 15 is 0 Å². The summed E-state index contributed by atoms with van der Waals surface area (Å²) < 4.78 is 0. The molecule has 0 aromatic rings. The SMILES string of the molecule is [CH2]CCCCCCCCC.[Cl][Sn]([Cl])([Cl])[Cl]. The van der Waals surface area contributed by atoms with Crippen LogP contribution in [0.1, 0.15) is 58.3 Å². The molecular formula is C10H21Cl4Sn. The van der Waals surface area contributed by atoms with Crippen molar-refractivity contribution in [3.63, 3.8) is 0 Å². The first kappa shape index (κ1) is 19.3. The van der Waals surface area contributed by atoms with Crippen molar-refractivity contribution in [2.45, 2.75) is 58.3 Å². The summed E-state index contributed by atoms with van der Waals surface area (Å²) in [6.07, 6.45) is 10.9. The van der Waals surface area contributed by atoms with E-state index in [0.29, 0.717) is 0 Å². The van der Waals surface area contributed by atoms with Gasteiger partial charge >= 0.3 is 49.6 Å². The van der Waals surface area contributed by atoms with E-state index in [9.17, 15) is 0 Å². The van der Waals surface area contributed by atoms with Gasteiger partial charge in [-0.3, -0.25) is 0 Å². The second kappa shape index (κ2) is 14.0. The summed E-state index contributed by atoms with van der Waals surface area (Å²) in [5.74, 6) is 0. The minimum atomic E-state index is -3.29. The molecule has 0 aromatic heterocycles. The zero-order valence-corrected chi connectivity index (χ0v) is 15.3. The Bertz CT molecular complexity index is 100. The van der Waals surface area contributed by atoms with Crippen molar-refractivity contribution in [2.24, 2.45) is 0 Å². The molecule has 0 aliphatic rings. The van der Waals surface area contributed by atoms with Crippen LogP contribution in [-0.2, 0) is 0 Å². The summed E-state index contributed by atoms with van der Waals surface area (Å²) in [6.45, 7) is 6.08. The van der Waals surface area contributed by atoms with Gasteiger partial charge in [0, 0.05) is 0 Å². The molecule has 0 aromatic carbocycles. The molecule has 0 N–H and O–H groups in total. The van der Waals surface area contributed by atoms with Gasteiger partial charge in [-0.05, 0) is 0 Å². The van der Waals surface area contributed by atoms with Crippen molar-refractivity contribution in [3.8, 4) is 0 Å². The number of halogens is 4. The second-order valence-corrected chi connectivity index (χ2v) is 28.8. The molecule has 0 rings (SSSR count). The minimum absolute atomic E-state index is 1.12. The molecule has 93 valence electrons. The van der Waals surface area contributed by atoms with Gasteiger partial charge in [-0.15, -0.1) is 0 Å². The average Bonchev–Trinajstić information content (AvgIpc) is 2.08. The summed E-state index contributed by atoms with van der Waals surface area (Å²) in [7, 11) is 20.1. The Balaban J connectivity index is 0. The van der Waals surface area contributed by atoms with Gasteiger partial charge in [0.2, 0.25) is 0 Å². The third kappa shape index (κ3) is 38.7. The van der Waals surface area contributed by atoms with Gasteiger partial charge in [-0.1, -0.05) is 65.2 Å². The van der Waals surface area contributed by atoms with Gasteiger partial charge in [0.15, 0.2) is 0 Å². The van der Waals surface area contributed by atoms with Crippen molar-refractivity contribution in [3.05, 3.63) is 6.92 Å². The summed E-state index contributed by atoms with van der Waals surface area (Å²) >= 11 is -3.29. The Morgan fingerprint density at radius 1 is 0.800 bits per heavy atom. The molecule has 0 atom stereocenters. The first-order chi connectivity index (χ1) is 6.91. The van der Waals surface area contributed by atoms with Gasteiger partial charge in [-0.2, -0.15) is 0 Å². The van der Waals surface area contributed by atoms with Crippen LogP contribution < -0.4 is 0 Å². The zero-order chi connectivity index (χ0) is 12.2. The molecule has 0 nitrogen and oxygen atoms in total. The molecule has 0 saturated heterocycles. The summed E-state index contributed by atoms with van der Waals surface area (Å²) in [5, 5.41) is 0. The van der Waals surface area contributed by atoms with Gasteiger partial charge in [0.25, 0.3) is 0 Å². The first-order valence-electron chi connectivity index (χ1n) is 5.46. The van der Waals surface area contributed by atoms with Crippen LogP contribution in [0.25, 0.3) is 0 Å². The van der Waals surface area contributed by atoms with Crippen LogP contribution in [0.3, 0.4) is 0 Å². The summed E-state index contributed by atoms with van der Waals surface area (Å²) in [5.41, 5.74) is 0. The van der Waals surface area contributed by atoms with Crippen molar-refractivity contribution < 1.29 is 0 Å². The fourth-order valence-electron chi connectivity index (χ4n) is 1.13. The van der Waals surface area contributed by atoms with E-state index in [4.69, 9.17) is 35.7 Å². The maximum absolute atomic E-state index is 5.04. The standard InChI is InChI=1S/C10H21.4ClH.Sn/c1-3-5-7-9-10-8-6-4-2;;;;;/h1,3-10H2,2H3;4*1H;/q;;;;;+4/p-4. The third-order valence-corrected chi connectivity index (χ3v) is 1.85. The number of hydrogen-bond donors (Lipinski definition) is 0. The van der Waals surface area contributed by atoms with E-state index < -0.39 is 13.9 Å². The Morgan fingerprint density at radius 3 is 1.47 bits per heavy atom. The van der Waals surface area contributed by atoms with Crippen LogP contribution in [0.4, 0.5) is 0 Å². The monoisotopic (exact) mass is 401 g/mol.